The van der Waals surface area contributed by atoms with Gasteiger partial charge in [0, 0.05) is 13.0 Å². The highest BCUT2D eigenvalue weighted by molar-refractivity contribution is 5.77. The van der Waals surface area contributed by atoms with Crippen LogP contribution in [0.25, 0.3) is 0 Å². The van der Waals surface area contributed by atoms with E-state index in [1.807, 2.05) is 6.92 Å². The number of rotatable bonds is 7. The van der Waals surface area contributed by atoms with E-state index in [2.05, 4.69) is 12.4 Å². The standard InChI is InChI=1S/C9H19NO3/c1-4-5-8(2)9(11)10-13-7-6-12-3/h8H,4-7H2,1-3H3,(H,10,11). The van der Waals surface area contributed by atoms with Gasteiger partial charge < -0.3 is 4.74 Å². The maximum atomic E-state index is 11.2. The van der Waals surface area contributed by atoms with Crippen LogP contribution in [0.15, 0.2) is 0 Å². The minimum atomic E-state index is -0.0575. The van der Waals surface area contributed by atoms with E-state index in [0.29, 0.717) is 13.2 Å². The van der Waals surface area contributed by atoms with Crippen LogP contribution in [0.3, 0.4) is 0 Å². The third-order valence-corrected chi connectivity index (χ3v) is 1.73. The van der Waals surface area contributed by atoms with Crippen LogP contribution in [0, 0.1) is 5.92 Å². The molecule has 78 valence electrons. The molecule has 1 unspecified atom stereocenters. The lowest BCUT2D eigenvalue weighted by atomic mass is 10.1. The predicted octanol–water partition coefficient (Wildman–Crippen LogP) is 1.12. The zero-order valence-electron chi connectivity index (χ0n) is 8.63. The Morgan fingerprint density at radius 3 is 2.69 bits per heavy atom. The molecule has 0 spiro atoms. The summed E-state index contributed by atoms with van der Waals surface area (Å²) >= 11 is 0. The van der Waals surface area contributed by atoms with Crippen molar-refractivity contribution in [1.82, 2.24) is 5.48 Å². The summed E-state index contributed by atoms with van der Waals surface area (Å²) in [7, 11) is 1.59. The molecule has 0 saturated heterocycles. The van der Waals surface area contributed by atoms with E-state index in [1.165, 1.54) is 0 Å². The van der Waals surface area contributed by atoms with Crippen LogP contribution in [0.4, 0.5) is 0 Å². The highest BCUT2D eigenvalue weighted by Gasteiger charge is 2.10. The Labute approximate surface area is 79.6 Å². The van der Waals surface area contributed by atoms with E-state index < -0.39 is 0 Å². The van der Waals surface area contributed by atoms with Crippen LogP contribution in [0.1, 0.15) is 26.7 Å². The first-order chi connectivity index (χ1) is 6.22. The van der Waals surface area contributed by atoms with E-state index in [1.54, 1.807) is 7.11 Å². The van der Waals surface area contributed by atoms with Gasteiger partial charge in [-0.05, 0) is 6.42 Å². The van der Waals surface area contributed by atoms with Gasteiger partial charge in [0.1, 0.15) is 0 Å². The molecule has 0 saturated carbocycles. The molecule has 0 aromatic rings. The number of ether oxygens (including phenoxy) is 1. The third-order valence-electron chi connectivity index (χ3n) is 1.73. The van der Waals surface area contributed by atoms with Crippen molar-refractivity contribution in [2.24, 2.45) is 5.92 Å². The lowest BCUT2D eigenvalue weighted by molar-refractivity contribution is -0.138. The first-order valence-electron chi connectivity index (χ1n) is 4.63. The van der Waals surface area contributed by atoms with Crippen LogP contribution in [0.5, 0.6) is 0 Å². The van der Waals surface area contributed by atoms with Gasteiger partial charge in [-0.25, -0.2) is 5.48 Å². The van der Waals surface area contributed by atoms with Gasteiger partial charge in [-0.1, -0.05) is 20.3 Å². The summed E-state index contributed by atoms with van der Waals surface area (Å²) < 4.78 is 4.76. The Hall–Kier alpha value is -0.610. The zero-order chi connectivity index (χ0) is 10.1. The van der Waals surface area contributed by atoms with Gasteiger partial charge in [-0.3, -0.25) is 9.63 Å². The lowest BCUT2D eigenvalue weighted by Crippen LogP contribution is -2.30. The van der Waals surface area contributed by atoms with Crippen LogP contribution < -0.4 is 5.48 Å². The monoisotopic (exact) mass is 189 g/mol. The topological polar surface area (TPSA) is 47.6 Å². The smallest absolute Gasteiger partial charge is 0.246 e. The molecule has 0 aliphatic heterocycles. The summed E-state index contributed by atoms with van der Waals surface area (Å²) in [5, 5.41) is 0. The second kappa shape index (κ2) is 8.01. The molecule has 0 aliphatic carbocycles. The first kappa shape index (κ1) is 12.4. The van der Waals surface area contributed by atoms with Crippen molar-refractivity contribution in [3.63, 3.8) is 0 Å². The molecule has 0 radical (unpaired) electrons. The zero-order valence-corrected chi connectivity index (χ0v) is 8.63. The summed E-state index contributed by atoms with van der Waals surface area (Å²) in [6.07, 6.45) is 1.89. The van der Waals surface area contributed by atoms with Crippen molar-refractivity contribution >= 4 is 5.91 Å². The first-order valence-corrected chi connectivity index (χ1v) is 4.63. The molecule has 4 heteroatoms. The number of hydroxylamine groups is 1. The van der Waals surface area contributed by atoms with Crippen molar-refractivity contribution in [3.05, 3.63) is 0 Å². The van der Waals surface area contributed by atoms with Crippen LogP contribution in [-0.2, 0) is 14.4 Å². The number of hydrogen-bond acceptors (Lipinski definition) is 3. The van der Waals surface area contributed by atoms with Gasteiger partial charge in [0.15, 0.2) is 0 Å². The molecule has 1 amide bonds. The molecule has 1 N–H and O–H groups in total. The molecular formula is C9H19NO3. The lowest BCUT2D eigenvalue weighted by Gasteiger charge is -2.10. The molecule has 0 fully saturated rings. The summed E-state index contributed by atoms with van der Waals surface area (Å²) in [5.74, 6) is -0.0366. The maximum absolute atomic E-state index is 11.2. The van der Waals surface area contributed by atoms with E-state index >= 15 is 0 Å². The number of nitrogens with one attached hydrogen (secondary N) is 1. The third kappa shape index (κ3) is 6.54. The van der Waals surface area contributed by atoms with Crippen molar-refractivity contribution in [1.29, 1.82) is 0 Å². The van der Waals surface area contributed by atoms with Crippen LogP contribution in [-0.4, -0.2) is 26.2 Å². The summed E-state index contributed by atoms with van der Waals surface area (Å²) in [5.41, 5.74) is 2.38. The molecule has 0 aliphatic rings. The molecule has 0 aromatic heterocycles. The Balaban J connectivity index is 3.38. The van der Waals surface area contributed by atoms with E-state index in [4.69, 9.17) is 9.57 Å². The molecule has 0 heterocycles. The van der Waals surface area contributed by atoms with Crippen LogP contribution >= 0.6 is 0 Å². The molecule has 0 rings (SSSR count). The second-order valence-electron chi connectivity index (χ2n) is 3.00. The number of carbonyl (C=O) groups is 1. The SMILES string of the molecule is CCCC(C)C(=O)NOCCOC. The van der Waals surface area contributed by atoms with Gasteiger partial charge in [-0.15, -0.1) is 0 Å². The van der Waals surface area contributed by atoms with Gasteiger partial charge in [-0.2, -0.15) is 0 Å². The summed E-state index contributed by atoms with van der Waals surface area (Å²) in [6, 6.07) is 0. The molecule has 0 bridgehead atoms. The van der Waals surface area contributed by atoms with E-state index in [-0.39, 0.29) is 11.8 Å². The summed E-state index contributed by atoms with van der Waals surface area (Å²) in [4.78, 5) is 16.1. The minimum Gasteiger partial charge on any atom is -0.382 e. The normalized spacial score (nSPS) is 12.5. The van der Waals surface area contributed by atoms with Gasteiger partial charge in [0.05, 0.1) is 13.2 Å². The predicted molar refractivity (Wildman–Crippen MR) is 50.0 cm³/mol. The molecular weight excluding hydrogens is 170 g/mol. The second-order valence-corrected chi connectivity index (χ2v) is 3.00. The number of amides is 1. The highest BCUT2D eigenvalue weighted by atomic mass is 16.7. The largest absolute Gasteiger partial charge is 0.382 e. The summed E-state index contributed by atoms with van der Waals surface area (Å²) in [6.45, 7) is 4.82. The fourth-order valence-electron chi connectivity index (χ4n) is 0.912. The Morgan fingerprint density at radius 1 is 1.46 bits per heavy atom. The maximum Gasteiger partial charge on any atom is 0.246 e. The van der Waals surface area contributed by atoms with Crippen molar-refractivity contribution in [2.75, 3.05) is 20.3 Å². The average Bonchev–Trinajstić information content (AvgIpc) is 2.12. The number of hydrogen-bond donors (Lipinski definition) is 1. The van der Waals surface area contributed by atoms with E-state index in [0.717, 1.165) is 12.8 Å². The van der Waals surface area contributed by atoms with Gasteiger partial charge in [0.25, 0.3) is 0 Å². The Bertz CT molecular complexity index is 139. The van der Waals surface area contributed by atoms with Gasteiger partial charge in [0.2, 0.25) is 5.91 Å². The Morgan fingerprint density at radius 2 is 2.15 bits per heavy atom. The van der Waals surface area contributed by atoms with Crippen molar-refractivity contribution < 1.29 is 14.4 Å². The van der Waals surface area contributed by atoms with Gasteiger partial charge >= 0.3 is 0 Å². The quantitative estimate of drug-likeness (QED) is 0.482. The average molecular weight is 189 g/mol. The Kier molecular flexibility index (Phi) is 7.63. The van der Waals surface area contributed by atoms with Crippen molar-refractivity contribution in [2.45, 2.75) is 26.7 Å². The number of carbonyl (C=O) groups excluding carboxylic acids is 1. The van der Waals surface area contributed by atoms with Crippen molar-refractivity contribution in [3.8, 4) is 0 Å². The molecule has 0 aromatic carbocycles. The fraction of sp³-hybridized carbons (Fsp3) is 0.889. The molecule has 1 atom stereocenters. The number of methoxy groups -OCH3 is 1. The fourth-order valence-corrected chi connectivity index (χ4v) is 0.912. The highest BCUT2D eigenvalue weighted by Crippen LogP contribution is 2.03. The van der Waals surface area contributed by atoms with Crippen LogP contribution in [0.2, 0.25) is 0 Å². The minimum absolute atomic E-state index is 0.0209. The molecule has 4 nitrogen and oxygen atoms in total. The van der Waals surface area contributed by atoms with E-state index in [9.17, 15) is 4.79 Å². The molecule has 13 heavy (non-hydrogen) atoms.